The van der Waals surface area contributed by atoms with Crippen LogP contribution in [0.15, 0.2) is 0 Å². The van der Waals surface area contributed by atoms with Gasteiger partial charge in [-0.15, -0.1) is 11.6 Å². The van der Waals surface area contributed by atoms with Crippen LogP contribution in [0, 0.1) is 0 Å². The Morgan fingerprint density at radius 3 is 1.88 bits per heavy atom. The molecule has 0 aromatic rings. The third-order valence-electron chi connectivity index (χ3n) is 1.68. The normalized spacial score (nSPS) is 27.8. The van der Waals surface area contributed by atoms with Crippen molar-refractivity contribution in [2.75, 3.05) is 0 Å². The standard InChI is InChI=1S/C6H12ClN/c7-6(8)4-2-1-3-5-6/h1-5,8H2. The quantitative estimate of drug-likeness (QED) is 0.396. The first kappa shape index (κ1) is 6.37. The average molecular weight is 134 g/mol. The number of alkyl halides is 1. The molecule has 0 bridgehead atoms. The van der Waals surface area contributed by atoms with Crippen molar-refractivity contribution in [3.8, 4) is 0 Å². The minimum Gasteiger partial charge on any atom is -0.313 e. The summed E-state index contributed by atoms with van der Waals surface area (Å²) >= 11 is 5.85. The number of nitrogens with two attached hydrogens (primary N) is 1. The predicted molar refractivity (Wildman–Crippen MR) is 35.9 cm³/mol. The van der Waals surface area contributed by atoms with E-state index in [1.54, 1.807) is 0 Å². The fourth-order valence-corrected chi connectivity index (χ4v) is 1.41. The molecule has 0 aliphatic heterocycles. The maximum absolute atomic E-state index is 5.85. The Labute approximate surface area is 55.2 Å². The molecule has 8 heavy (non-hydrogen) atoms. The third kappa shape index (κ3) is 1.64. The van der Waals surface area contributed by atoms with Gasteiger partial charge in [-0.2, -0.15) is 0 Å². The number of hydrogen-bond acceptors (Lipinski definition) is 1. The van der Waals surface area contributed by atoms with Crippen LogP contribution >= 0.6 is 11.6 Å². The molecule has 1 aliphatic rings. The van der Waals surface area contributed by atoms with Gasteiger partial charge in [0.2, 0.25) is 0 Å². The monoisotopic (exact) mass is 133 g/mol. The first-order valence-corrected chi connectivity index (χ1v) is 3.56. The van der Waals surface area contributed by atoms with Crippen molar-refractivity contribution < 1.29 is 0 Å². The van der Waals surface area contributed by atoms with Gasteiger partial charge in [-0.1, -0.05) is 19.3 Å². The lowest BCUT2D eigenvalue weighted by Gasteiger charge is -2.25. The Morgan fingerprint density at radius 2 is 1.62 bits per heavy atom. The molecule has 1 fully saturated rings. The molecule has 1 aliphatic carbocycles. The van der Waals surface area contributed by atoms with Gasteiger partial charge in [0.05, 0.1) is 5.00 Å². The van der Waals surface area contributed by atoms with E-state index in [2.05, 4.69) is 0 Å². The van der Waals surface area contributed by atoms with Gasteiger partial charge in [-0.05, 0) is 12.8 Å². The van der Waals surface area contributed by atoms with Crippen LogP contribution in [0.4, 0.5) is 0 Å². The topological polar surface area (TPSA) is 26.0 Å². The van der Waals surface area contributed by atoms with E-state index in [4.69, 9.17) is 17.3 Å². The summed E-state index contributed by atoms with van der Waals surface area (Å²) in [6, 6.07) is 0. The van der Waals surface area contributed by atoms with Crippen molar-refractivity contribution in [2.24, 2.45) is 5.73 Å². The minimum atomic E-state index is -0.349. The summed E-state index contributed by atoms with van der Waals surface area (Å²) in [6.07, 6.45) is 5.72. The van der Waals surface area contributed by atoms with Gasteiger partial charge in [0.1, 0.15) is 0 Å². The fraction of sp³-hybridized carbons (Fsp3) is 1.00. The molecule has 0 heterocycles. The molecule has 2 heteroatoms. The number of halogens is 1. The molecule has 1 nitrogen and oxygen atoms in total. The molecule has 0 aromatic heterocycles. The highest BCUT2D eigenvalue weighted by Crippen LogP contribution is 2.28. The first-order valence-electron chi connectivity index (χ1n) is 3.18. The van der Waals surface area contributed by atoms with Crippen LogP contribution in [-0.2, 0) is 0 Å². The van der Waals surface area contributed by atoms with Crippen molar-refractivity contribution >= 4 is 11.6 Å². The Balaban J connectivity index is 2.33. The summed E-state index contributed by atoms with van der Waals surface area (Å²) in [6.45, 7) is 0. The second-order valence-electron chi connectivity index (χ2n) is 2.60. The van der Waals surface area contributed by atoms with Crippen LogP contribution < -0.4 is 5.73 Å². The Morgan fingerprint density at radius 1 is 1.12 bits per heavy atom. The third-order valence-corrected chi connectivity index (χ3v) is 2.06. The van der Waals surface area contributed by atoms with Crippen LogP contribution in [0.5, 0.6) is 0 Å². The fourth-order valence-electron chi connectivity index (χ4n) is 1.14. The summed E-state index contributed by atoms with van der Waals surface area (Å²) in [5, 5.41) is 0. The van der Waals surface area contributed by atoms with Gasteiger partial charge in [0.25, 0.3) is 0 Å². The van der Waals surface area contributed by atoms with E-state index >= 15 is 0 Å². The van der Waals surface area contributed by atoms with Crippen molar-refractivity contribution in [1.82, 2.24) is 0 Å². The number of hydrogen-bond donors (Lipinski definition) is 1. The molecular formula is C6H12ClN. The molecule has 1 rings (SSSR count). The van der Waals surface area contributed by atoms with E-state index in [0.717, 1.165) is 12.8 Å². The summed E-state index contributed by atoms with van der Waals surface area (Å²) in [5.41, 5.74) is 5.64. The van der Waals surface area contributed by atoms with E-state index in [0.29, 0.717) is 0 Å². The van der Waals surface area contributed by atoms with Crippen LogP contribution in [0.3, 0.4) is 0 Å². The predicted octanol–water partition coefficient (Wildman–Crippen LogP) is 1.84. The highest BCUT2D eigenvalue weighted by atomic mass is 35.5. The molecule has 0 amide bonds. The molecular weight excluding hydrogens is 122 g/mol. The summed E-state index contributed by atoms with van der Waals surface area (Å²) in [7, 11) is 0. The Hall–Kier alpha value is 0.250. The minimum absolute atomic E-state index is 0.349. The van der Waals surface area contributed by atoms with E-state index in [1.807, 2.05) is 0 Å². The van der Waals surface area contributed by atoms with Gasteiger partial charge >= 0.3 is 0 Å². The zero-order valence-electron chi connectivity index (χ0n) is 4.99. The summed E-state index contributed by atoms with van der Waals surface area (Å²) in [5.74, 6) is 0. The lowest BCUT2D eigenvalue weighted by atomic mass is 9.96. The second-order valence-corrected chi connectivity index (χ2v) is 3.35. The van der Waals surface area contributed by atoms with E-state index in [-0.39, 0.29) is 5.00 Å². The molecule has 1 saturated carbocycles. The largest absolute Gasteiger partial charge is 0.313 e. The zero-order chi connectivity index (χ0) is 6.04. The molecule has 0 radical (unpaired) electrons. The van der Waals surface area contributed by atoms with Gasteiger partial charge in [0, 0.05) is 0 Å². The van der Waals surface area contributed by atoms with Crippen LogP contribution in [-0.4, -0.2) is 5.00 Å². The lowest BCUT2D eigenvalue weighted by Crippen LogP contribution is -2.34. The average Bonchev–Trinajstić information content (AvgIpc) is 1.65. The molecule has 0 unspecified atom stereocenters. The van der Waals surface area contributed by atoms with Gasteiger partial charge in [0.15, 0.2) is 0 Å². The van der Waals surface area contributed by atoms with Crippen LogP contribution in [0.2, 0.25) is 0 Å². The van der Waals surface area contributed by atoms with E-state index < -0.39 is 0 Å². The Kier molecular flexibility index (Phi) is 1.78. The van der Waals surface area contributed by atoms with Gasteiger partial charge < -0.3 is 5.73 Å². The molecule has 0 saturated heterocycles. The van der Waals surface area contributed by atoms with E-state index in [9.17, 15) is 0 Å². The molecule has 0 spiro atoms. The number of rotatable bonds is 0. The zero-order valence-corrected chi connectivity index (χ0v) is 5.75. The van der Waals surface area contributed by atoms with E-state index in [1.165, 1.54) is 19.3 Å². The smallest absolute Gasteiger partial charge is 0.0910 e. The van der Waals surface area contributed by atoms with Crippen molar-refractivity contribution in [1.29, 1.82) is 0 Å². The van der Waals surface area contributed by atoms with Crippen LogP contribution in [0.25, 0.3) is 0 Å². The SMILES string of the molecule is NC1(Cl)CCCCC1. The second kappa shape index (κ2) is 2.24. The van der Waals surface area contributed by atoms with Gasteiger partial charge in [-0.25, -0.2) is 0 Å². The van der Waals surface area contributed by atoms with Crippen molar-refractivity contribution in [2.45, 2.75) is 37.1 Å². The highest BCUT2D eigenvalue weighted by Gasteiger charge is 2.23. The Bertz CT molecular complexity index is 72.6. The van der Waals surface area contributed by atoms with Crippen LogP contribution in [0.1, 0.15) is 32.1 Å². The van der Waals surface area contributed by atoms with Gasteiger partial charge in [-0.3, -0.25) is 0 Å². The molecule has 0 aromatic carbocycles. The van der Waals surface area contributed by atoms with Crippen molar-refractivity contribution in [3.05, 3.63) is 0 Å². The summed E-state index contributed by atoms with van der Waals surface area (Å²) < 4.78 is 0. The first-order chi connectivity index (χ1) is 3.71. The van der Waals surface area contributed by atoms with Crippen molar-refractivity contribution in [3.63, 3.8) is 0 Å². The molecule has 48 valence electrons. The highest BCUT2D eigenvalue weighted by molar-refractivity contribution is 6.23. The maximum Gasteiger partial charge on any atom is 0.0910 e. The maximum atomic E-state index is 5.85. The molecule has 0 atom stereocenters. The lowest BCUT2D eigenvalue weighted by molar-refractivity contribution is 0.399. The molecule has 2 N–H and O–H groups in total. The summed E-state index contributed by atoms with van der Waals surface area (Å²) in [4.78, 5) is -0.349.